The van der Waals surface area contributed by atoms with Crippen LogP contribution in [0.1, 0.15) is 10.4 Å². The Labute approximate surface area is 127 Å². The molecule has 16 heavy (non-hydrogen) atoms. The van der Waals surface area contributed by atoms with Gasteiger partial charge in [-0.3, -0.25) is 9.48 Å². The lowest BCUT2D eigenvalue weighted by Crippen LogP contribution is -2.10. The molecule has 0 fully saturated rings. The predicted octanol–water partition coefficient (Wildman–Crippen LogP) is 3.96. The molecular formula is C9H5Br2IN2OS. The molecule has 0 aliphatic carbocycles. The third kappa shape index (κ3) is 2.93. The Hall–Kier alpha value is 0.270. The number of carbonyl (C=O) groups excluding carboxylic acids is 1. The lowest BCUT2D eigenvalue weighted by atomic mass is 10.2. The van der Waals surface area contributed by atoms with Crippen LogP contribution < -0.4 is 0 Å². The number of nitrogens with zero attached hydrogens (tertiary/aromatic N) is 2. The summed E-state index contributed by atoms with van der Waals surface area (Å²) >= 11 is 10.4. The topological polar surface area (TPSA) is 34.9 Å². The molecule has 0 atom stereocenters. The highest BCUT2D eigenvalue weighted by Crippen LogP contribution is 2.32. The lowest BCUT2D eigenvalue weighted by molar-refractivity contribution is 0.0967. The number of hydrogen-bond acceptors (Lipinski definition) is 3. The first-order valence-corrected chi connectivity index (χ1v) is 7.70. The quantitative estimate of drug-likeness (QED) is 0.497. The Morgan fingerprint density at radius 2 is 2.31 bits per heavy atom. The maximum absolute atomic E-state index is 12.0. The number of thiophene rings is 1. The van der Waals surface area contributed by atoms with Crippen LogP contribution in [0.5, 0.6) is 0 Å². The summed E-state index contributed by atoms with van der Waals surface area (Å²) < 4.78 is 4.46. The van der Waals surface area contributed by atoms with Crippen molar-refractivity contribution in [2.75, 3.05) is 0 Å². The van der Waals surface area contributed by atoms with Gasteiger partial charge in [0.2, 0.25) is 0 Å². The molecule has 0 bridgehead atoms. The van der Waals surface area contributed by atoms with Crippen molar-refractivity contribution in [3.8, 4) is 0 Å². The van der Waals surface area contributed by atoms with Crippen LogP contribution >= 0.6 is 65.8 Å². The van der Waals surface area contributed by atoms with Gasteiger partial charge < -0.3 is 0 Å². The largest absolute Gasteiger partial charge is 0.292 e. The van der Waals surface area contributed by atoms with Crippen molar-refractivity contribution >= 4 is 71.6 Å². The van der Waals surface area contributed by atoms with E-state index in [-0.39, 0.29) is 12.3 Å². The fraction of sp³-hybridized carbons (Fsp3) is 0.111. The number of aromatic nitrogens is 2. The van der Waals surface area contributed by atoms with Crippen molar-refractivity contribution in [1.29, 1.82) is 0 Å². The van der Waals surface area contributed by atoms with E-state index < -0.39 is 0 Å². The summed E-state index contributed by atoms with van der Waals surface area (Å²) in [4.78, 5) is 12.0. The summed E-state index contributed by atoms with van der Waals surface area (Å²) in [5, 5.41) is 4.08. The maximum atomic E-state index is 12.0. The summed E-state index contributed by atoms with van der Waals surface area (Å²) in [7, 11) is 0. The SMILES string of the molecule is O=C(Cn1cc(I)cn1)c1cc(Br)sc1Br. The molecule has 7 heteroatoms. The normalized spacial score (nSPS) is 10.7. The molecule has 2 aromatic rings. The van der Waals surface area contributed by atoms with Crippen molar-refractivity contribution in [2.45, 2.75) is 6.54 Å². The summed E-state index contributed by atoms with van der Waals surface area (Å²) in [6.45, 7) is 0.269. The standard InChI is InChI=1S/C9H5Br2IN2OS/c10-8-1-6(9(11)16-8)7(15)4-14-3-5(12)2-13-14/h1-3H,4H2. The fourth-order valence-corrected chi connectivity index (χ4v) is 4.49. The average molecular weight is 476 g/mol. The molecule has 0 amide bonds. The van der Waals surface area contributed by atoms with E-state index >= 15 is 0 Å². The Kier molecular flexibility index (Phi) is 4.20. The van der Waals surface area contributed by atoms with Gasteiger partial charge in [0.1, 0.15) is 6.54 Å². The third-order valence-electron chi connectivity index (χ3n) is 1.86. The van der Waals surface area contributed by atoms with Crippen LogP contribution in [0.2, 0.25) is 0 Å². The van der Waals surface area contributed by atoms with Crippen molar-refractivity contribution in [1.82, 2.24) is 9.78 Å². The van der Waals surface area contributed by atoms with E-state index in [1.54, 1.807) is 10.9 Å². The lowest BCUT2D eigenvalue weighted by Gasteiger charge is -1.99. The molecule has 0 aliphatic heterocycles. The Morgan fingerprint density at radius 1 is 1.56 bits per heavy atom. The Bertz CT molecular complexity index is 537. The van der Waals surface area contributed by atoms with Crippen LogP contribution in [0.25, 0.3) is 0 Å². The molecule has 2 heterocycles. The summed E-state index contributed by atoms with van der Waals surface area (Å²) in [6.07, 6.45) is 3.57. The van der Waals surface area contributed by atoms with Crippen LogP contribution in [0.15, 0.2) is 26.0 Å². The van der Waals surface area contributed by atoms with Crippen LogP contribution in [0.3, 0.4) is 0 Å². The van der Waals surface area contributed by atoms with Gasteiger partial charge in [-0.15, -0.1) is 11.3 Å². The van der Waals surface area contributed by atoms with Gasteiger partial charge in [-0.1, -0.05) is 0 Å². The van der Waals surface area contributed by atoms with Gasteiger partial charge in [-0.25, -0.2) is 0 Å². The van der Waals surface area contributed by atoms with Crippen molar-refractivity contribution in [2.24, 2.45) is 0 Å². The number of rotatable bonds is 3. The minimum atomic E-state index is 0.0494. The zero-order valence-corrected chi connectivity index (χ0v) is 13.9. The molecule has 0 radical (unpaired) electrons. The third-order valence-corrected chi connectivity index (χ3v) is 4.76. The molecule has 84 valence electrons. The highest BCUT2D eigenvalue weighted by Gasteiger charge is 2.14. The van der Waals surface area contributed by atoms with E-state index in [0.29, 0.717) is 5.56 Å². The van der Waals surface area contributed by atoms with E-state index in [1.165, 1.54) is 11.3 Å². The Balaban J connectivity index is 2.17. The van der Waals surface area contributed by atoms with Gasteiger partial charge in [-0.2, -0.15) is 5.10 Å². The number of ketones is 1. The fourth-order valence-electron chi connectivity index (χ4n) is 1.19. The number of carbonyl (C=O) groups is 1. The Morgan fingerprint density at radius 3 is 2.81 bits per heavy atom. The van der Waals surface area contributed by atoms with Crippen LogP contribution in [0, 0.1) is 3.57 Å². The molecule has 0 saturated heterocycles. The van der Waals surface area contributed by atoms with Gasteiger partial charge in [0, 0.05) is 11.8 Å². The number of hydrogen-bond donors (Lipinski definition) is 0. The molecule has 0 saturated carbocycles. The smallest absolute Gasteiger partial charge is 0.186 e. The zero-order valence-electron chi connectivity index (χ0n) is 7.78. The highest BCUT2D eigenvalue weighted by molar-refractivity contribution is 14.1. The van der Waals surface area contributed by atoms with Crippen molar-refractivity contribution in [3.05, 3.63) is 35.2 Å². The molecule has 3 nitrogen and oxygen atoms in total. The van der Waals surface area contributed by atoms with Gasteiger partial charge in [0.25, 0.3) is 0 Å². The van der Waals surface area contributed by atoms with Crippen LogP contribution in [-0.2, 0) is 6.54 Å². The molecule has 2 rings (SSSR count). The minimum Gasteiger partial charge on any atom is -0.292 e. The van der Waals surface area contributed by atoms with Crippen molar-refractivity contribution in [3.63, 3.8) is 0 Å². The summed E-state index contributed by atoms with van der Waals surface area (Å²) in [5.74, 6) is 0.0494. The summed E-state index contributed by atoms with van der Waals surface area (Å²) in [6, 6.07) is 1.82. The van der Waals surface area contributed by atoms with Gasteiger partial charge in [0.05, 0.1) is 17.3 Å². The van der Waals surface area contributed by atoms with Gasteiger partial charge in [0.15, 0.2) is 5.78 Å². The predicted molar refractivity (Wildman–Crippen MR) is 79.0 cm³/mol. The first-order chi connectivity index (χ1) is 7.56. The van der Waals surface area contributed by atoms with E-state index in [4.69, 9.17) is 0 Å². The average Bonchev–Trinajstić information content (AvgIpc) is 2.73. The minimum absolute atomic E-state index is 0.0494. The van der Waals surface area contributed by atoms with Crippen LogP contribution in [0.4, 0.5) is 0 Å². The zero-order chi connectivity index (χ0) is 11.7. The first kappa shape index (κ1) is 12.7. The molecular weight excluding hydrogens is 471 g/mol. The van der Waals surface area contributed by atoms with E-state index in [0.717, 1.165) is 11.1 Å². The second-order valence-corrected chi connectivity index (χ2v) is 8.01. The molecule has 0 aromatic carbocycles. The second kappa shape index (κ2) is 5.28. The molecule has 0 aliphatic rings. The van der Waals surface area contributed by atoms with E-state index in [2.05, 4.69) is 59.5 Å². The number of halogens is 3. The molecule has 0 N–H and O–H groups in total. The molecule has 0 spiro atoms. The molecule has 0 unspecified atom stereocenters. The molecule has 2 aromatic heterocycles. The van der Waals surface area contributed by atoms with E-state index in [9.17, 15) is 4.79 Å². The summed E-state index contributed by atoms with van der Waals surface area (Å²) in [5.41, 5.74) is 0.697. The van der Waals surface area contributed by atoms with Gasteiger partial charge >= 0.3 is 0 Å². The number of Topliss-reactive ketones (excluding diaryl/α,β-unsaturated/α-hetero) is 1. The van der Waals surface area contributed by atoms with Gasteiger partial charge in [-0.05, 0) is 60.5 Å². The monoisotopic (exact) mass is 474 g/mol. The maximum Gasteiger partial charge on any atom is 0.186 e. The van der Waals surface area contributed by atoms with Crippen molar-refractivity contribution < 1.29 is 4.79 Å². The highest BCUT2D eigenvalue weighted by atomic mass is 127. The second-order valence-electron chi connectivity index (χ2n) is 3.02. The first-order valence-electron chi connectivity index (χ1n) is 4.22. The van der Waals surface area contributed by atoms with Crippen LogP contribution in [-0.4, -0.2) is 15.6 Å². The van der Waals surface area contributed by atoms with E-state index in [1.807, 2.05) is 12.3 Å².